The molecule has 7 nitrogen and oxygen atoms in total. The van der Waals surface area contributed by atoms with Gasteiger partial charge in [0.1, 0.15) is 5.75 Å². The molecule has 0 fully saturated rings. The van der Waals surface area contributed by atoms with Crippen LogP contribution in [0, 0.1) is 0 Å². The van der Waals surface area contributed by atoms with Crippen LogP contribution >= 0.6 is 11.3 Å². The zero-order valence-corrected chi connectivity index (χ0v) is 23.9. The molecular formula is C33H29N3O4S. The van der Waals surface area contributed by atoms with Crippen molar-refractivity contribution < 1.29 is 14.3 Å². The van der Waals surface area contributed by atoms with Gasteiger partial charge in [0.05, 0.1) is 35.6 Å². The predicted molar refractivity (Wildman–Crippen MR) is 162 cm³/mol. The Morgan fingerprint density at radius 2 is 1.80 bits per heavy atom. The molecule has 0 saturated heterocycles. The van der Waals surface area contributed by atoms with Gasteiger partial charge in [0.2, 0.25) is 0 Å². The van der Waals surface area contributed by atoms with Crippen LogP contribution in [0.1, 0.15) is 36.6 Å². The fraction of sp³-hybridized carbons (Fsp3) is 0.182. The summed E-state index contributed by atoms with van der Waals surface area (Å²) in [4.78, 5) is 33.3. The Morgan fingerprint density at radius 1 is 1.02 bits per heavy atom. The Morgan fingerprint density at radius 3 is 2.56 bits per heavy atom. The largest absolute Gasteiger partial charge is 0.497 e. The Labute approximate surface area is 240 Å². The summed E-state index contributed by atoms with van der Waals surface area (Å²) in [5.41, 5.74) is 4.15. The highest BCUT2D eigenvalue weighted by Crippen LogP contribution is 2.36. The average Bonchev–Trinajstić information content (AvgIpc) is 3.53. The number of aryl methyl sites for hydroxylation is 1. The maximum atomic E-state index is 14.2. The van der Waals surface area contributed by atoms with Crippen LogP contribution in [0.2, 0.25) is 0 Å². The van der Waals surface area contributed by atoms with Crippen molar-refractivity contribution in [3.8, 4) is 5.75 Å². The minimum atomic E-state index is -0.755. The number of rotatable bonds is 7. The van der Waals surface area contributed by atoms with E-state index in [4.69, 9.17) is 14.5 Å². The van der Waals surface area contributed by atoms with Crippen molar-refractivity contribution in [3.05, 3.63) is 127 Å². The number of aromatic nitrogens is 2. The Bertz CT molecular complexity index is 1980. The van der Waals surface area contributed by atoms with Crippen LogP contribution in [0.5, 0.6) is 5.75 Å². The fourth-order valence-corrected chi connectivity index (χ4v) is 6.35. The van der Waals surface area contributed by atoms with Crippen LogP contribution in [0.3, 0.4) is 0 Å². The van der Waals surface area contributed by atoms with E-state index in [2.05, 4.69) is 29.8 Å². The number of hydrogen-bond donors (Lipinski definition) is 0. The van der Waals surface area contributed by atoms with E-state index in [-0.39, 0.29) is 12.2 Å². The highest BCUT2D eigenvalue weighted by Gasteiger charge is 2.35. The number of thiazole rings is 1. The molecule has 0 spiro atoms. The molecule has 3 aromatic carbocycles. The summed E-state index contributed by atoms with van der Waals surface area (Å²) < 4.78 is 15.4. The SMILES string of the molecule is CCOC(=O)C1=C(c2ccccc2)N=c2s/c(=C\c3cn(CC)c4ccccc34)c(=O)n2C1c1cccc(OC)c1. The second kappa shape index (κ2) is 11.1. The second-order valence-corrected chi connectivity index (χ2v) is 10.6. The van der Waals surface area contributed by atoms with Crippen LogP contribution in [0.25, 0.3) is 22.7 Å². The lowest BCUT2D eigenvalue weighted by Gasteiger charge is -2.26. The van der Waals surface area contributed by atoms with E-state index < -0.39 is 12.0 Å². The van der Waals surface area contributed by atoms with E-state index in [0.717, 1.165) is 34.1 Å². The number of nitrogens with zero attached hydrogens (tertiary/aromatic N) is 3. The summed E-state index contributed by atoms with van der Waals surface area (Å²) in [6.07, 6.45) is 4.00. The zero-order valence-electron chi connectivity index (χ0n) is 23.0. The van der Waals surface area contributed by atoms with Crippen molar-refractivity contribution in [1.82, 2.24) is 9.13 Å². The molecule has 1 aliphatic heterocycles. The maximum Gasteiger partial charge on any atom is 0.338 e. The van der Waals surface area contributed by atoms with Gasteiger partial charge >= 0.3 is 5.97 Å². The van der Waals surface area contributed by atoms with Crippen molar-refractivity contribution in [1.29, 1.82) is 0 Å². The molecular weight excluding hydrogens is 534 g/mol. The minimum absolute atomic E-state index is 0.196. The third kappa shape index (κ3) is 4.70. The Balaban J connectivity index is 1.66. The molecule has 1 aliphatic rings. The van der Waals surface area contributed by atoms with Crippen LogP contribution < -0.4 is 19.6 Å². The molecule has 1 unspecified atom stereocenters. The van der Waals surface area contributed by atoms with Gasteiger partial charge < -0.3 is 14.0 Å². The highest BCUT2D eigenvalue weighted by atomic mass is 32.1. The van der Waals surface area contributed by atoms with Crippen molar-refractivity contribution in [3.63, 3.8) is 0 Å². The molecule has 206 valence electrons. The third-order valence-electron chi connectivity index (χ3n) is 7.23. The lowest BCUT2D eigenvalue weighted by atomic mass is 9.93. The van der Waals surface area contributed by atoms with E-state index in [9.17, 15) is 9.59 Å². The van der Waals surface area contributed by atoms with Gasteiger partial charge in [-0.3, -0.25) is 9.36 Å². The maximum absolute atomic E-state index is 14.2. The molecule has 2 aromatic heterocycles. The number of fused-ring (bicyclic) bond motifs is 2. The average molecular weight is 564 g/mol. The summed E-state index contributed by atoms with van der Waals surface area (Å²) in [5, 5.41) is 1.07. The zero-order chi connectivity index (χ0) is 28.5. The lowest BCUT2D eigenvalue weighted by molar-refractivity contribution is -0.138. The summed E-state index contributed by atoms with van der Waals surface area (Å²) in [6, 6.07) is 24.4. The van der Waals surface area contributed by atoms with Gasteiger partial charge in [0.15, 0.2) is 4.80 Å². The lowest BCUT2D eigenvalue weighted by Crippen LogP contribution is -2.40. The number of benzene rings is 3. The molecule has 6 rings (SSSR count). The number of carbonyl (C=O) groups is 1. The van der Waals surface area contributed by atoms with Crippen molar-refractivity contribution in [2.75, 3.05) is 13.7 Å². The Kier molecular flexibility index (Phi) is 7.15. The third-order valence-corrected chi connectivity index (χ3v) is 8.21. The summed E-state index contributed by atoms with van der Waals surface area (Å²) >= 11 is 1.32. The van der Waals surface area contributed by atoms with Gasteiger partial charge in [0.25, 0.3) is 5.56 Å². The molecule has 0 bridgehead atoms. The first-order valence-electron chi connectivity index (χ1n) is 13.5. The fourth-order valence-electron chi connectivity index (χ4n) is 5.36. The van der Waals surface area contributed by atoms with Gasteiger partial charge in [-0.25, -0.2) is 9.79 Å². The van der Waals surface area contributed by atoms with Crippen LogP contribution in [0.4, 0.5) is 0 Å². The summed E-state index contributed by atoms with van der Waals surface area (Å²) in [5.74, 6) is 0.113. The first kappa shape index (κ1) is 26.5. The molecule has 41 heavy (non-hydrogen) atoms. The predicted octanol–water partition coefficient (Wildman–Crippen LogP) is 4.92. The molecule has 0 radical (unpaired) electrons. The normalized spacial score (nSPS) is 15.1. The van der Waals surface area contributed by atoms with Crippen LogP contribution in [-0.4, -0.2) is 28.8 Å². The van der Waals surface area contributed by atoms with E-state index in [1.165, 1.54) is 11.3 Å². The molecule has 8 heteroatoms. The summed E-state index contributed by atoms with van der Waals surface area (Å²) in [6.45, 7) is 4.87. The van der Waals surface area contributed by atoms with Crippen LogP contribution in [-0.2, 0) is 16.1 Å². The minimum Gasteiger partial charge on any atom is -0.497 e. The monoisotopic (exact) mass is 563 g/mol. The number of carbonyl (C=O) groups excluding carboxylic acids is 1. The number of hydrogen-bond acceptors (Lipinski definition) is 6. The van der Waals surface area contributed by atoms with Gasteiger partial charge in [-0.05, 0) is 43.7 Å². The van der Waals surface area contributed by atoms with Crippen molar-refractivity contribution >= 4 is 40.0 Å². The number of esters is 1. The highest BCUT2D eigenvalue weighted by molar-refractivity contribution is 7.07. The molecule has 0 aliphatic carbocycles. The first-order valence-corrected chi connectivity index (χ1v) is 14.4. The van der Waals surface area contributed by atoms with E-state index >= 15 is 0 Å². The van der Waals surface area contributed by atoms with Gasteiger partial charge in [-0.1, -0.05) is 72.0 Å². The topological polar surface area (TPSA) is 74.8 Å². The smallest absolute Gasteiger partial charge is 0.338 e. The van der Waals surface area contributed by atoms with E-state index in [1.54, 1.807) is 18.6 Å². The van der Waals surface area contributed by atoms with Crippen LogP contribution in [0.15, 0.2) is 100 Å². The Hall–Kier alpha value is -4.69. The van der Waals surface area contributed by atoms with Gasteiger partial charge in [0, 0.05) is 34.8 Å². The molecule has 3 heterocycles. The molecule has 0 N–H and O–H groups in total. The molecule has 0 saturated carbocycles. The molecule has 0 amide bonds. The van der Waals surface area contributed by atoms with Gasteiger partial charge in [-0.15, -0.1) is 0 Å². The quantitative estimate of drug-likeness (QED) is 0.264. The van der Waals surface area contributed by atoms with Crippen molar-refractivity contribution in [2.45, 2.75) is 26.4 Å². The van der Waals surface area contributed by atoms with Crippen molar-refractivity contribution in [2.24, 2.45) is 4.99 Å². The molecule has 5 aromatic rings. The molecule has 1 atom stereocenters. The number of methoxy groups -OCH3 is 1. The van der Waals surface area contributed by atoms with Gasteiger partial charge in [-0.2, -0.15) is 0 Å². The first-order chi connectivity index (χ1) is 20.0. The summed E-state index contributed by atoms with van der Waals surface area (Å²) in [7, 11) is 1.59. The second-order valence-electron chi connectivity index (χ2n) is 9.60. The van der Waals surface area contributed by atoms with E-state index in [1.807, 2.05) is 72.8 Å². The number of para-hydroxylation sites is 1. The number of ether oxygens (including phenoxy) is 2. The van der Waals surface area contributed by atoms with E-state index in [0.29, 0.717) is 26.4 Å². The standard InChI is InChI=1S/C33H29N3O4S/c1-4-35-20-23(25-16-9-10-17-26(25)35)19-27-31(37)36-30(22-14-11-15-24(18-22)39-3)28(32(38)40-5-2)29(34-33(36)41-27)21-12-7-6-8-13-21/h6-20,30H,4-5H2,1-3H3/b27-19-.